The van der Waals surface area contributed by atoms with Crippen LogP contribution in [0, 0.1) is 5.92 Å². The van der Waals surface area contributed by atoms with Gasteiger partial charge in [-0.2, -0.15) is 0 Å². The molecule has 192 valence electrons. The number of hydrogen-bond acceptors (Lipinski definition) is 4. The molecular formula is C25H33Cl3N4O3. The molecule has 0 radical (unpaired) electrons. The average molecular weight is 544 g/mol. The number of pyridine rings is 1. The Morgan fingerprint density at radius 1 is 1.14 bits per heavy atom. The second-order valence-corrected chi connectivity index (χ2v) is 11.2. The quantitative estimate of drug-likeness (QED) is 0.385. The molecule has 35 heavy (non-hydrogen) atoms. The second kappa shape index (κ2) is 13.8. The van der Waals surface area contributed by atoms with Gasteiger partial charge in [-0.05, 0) is 82.7 Å². The number of carbonyl (C=O) groups is 2. The van der Waals surface area contributed by atoms with Crippen LogP contribution >= 0.6 is 34.8 Å². The van der Waals surface area contributed by atoms with E-state index < -0.39 is 5.60 Å². The van der Waals surface area contributed by atoms with Gasteiger partial charge in [0.15, 0.2) is 0 Å². The molecule has 0 bridgehead atoms. The molecule has 10 heteroatoms. The molecule has 1 aromatic heterocycles. The van der Waals surface area contributed by atoms with Crippen molar-refractivity contribution < 1.29 is 14.3 Å². The zero-order valence-corrected chi connectivity index (χ0v) is 22.8. The van der Waals surface area contributed by atoms with Gasteiger partial charge in [-0.15, -0.1) is 23.2 Å². The van der Waals surface area contributed by atoms with Gasteiger partial charge in [0.1, 0.15) is 16.3 Å². The van der Waals surface area contributed by atoms with E-state index in [-0.39, 0.29) is 17.0 Å². The Hall–Kier alpha value is -2.22. The smallest absolute Gasteiger partial charge is 0.410 e. The first-order valence-corrected chi connectivity index (χ1v) is 12.7. The topological polar surface area (TPSA) is 83.6 Å². The Bertz CT molecular complexity index is 945. The summed E-state index contributed by atoms with van der Waals surface area (Å²) in [4.78, 5) is 29.9. The second-order valence-electron chi connectivity index (χ2n) is 9.28. The van der Waals surface area contributed by atoms with Crippen LogP contribution in [0.25, 0.3) is 0 Å². The zero-order chi connectivity index (χ0) is 26.0. The first kappa shape index (κ1) is 29.0. The highest BCUT2D eigenvalue weighted by atomic mass is 35.5. The molecule has 0 aliphatic carbocycles. The molecule has 1 unspecified atom stereocenters. The summed E-state index contributed by atoms with van der Waals surface area (Å²) < 4.78 is 5.46. The SMILES string of the molecule is CC(C)(C)OC(=O)N1CCC(CCc2ccc(NC(=O)Nc3ccc(Cl)cn3)cc2)C1.CC(Cl)Cl. The Morgan fingerprint density at radius 2 is 1.80 bits per heavy atom. The fourth-order valence-corrected chi connectivity index (χ4v) is 3.53. The van der Waals surface area contributed by atoms with Crippen LogP contribution in [0.5, 0.6) is 0 Å². The van der Waals surface area contributed by atoms with Crippen LogP contribution in [-0.2, 0) is 11.2 Å². The standard InChI is InChI=1S/C23H29ClN4O3.C2H4Cl2/c1-23(2,3)31-22(30)28-13-12-17(15-28)5-4-16-6-9-19(10-7-16)26-21(29)27-20-11-8-18(24)14-25-20;1-2(3)4/h6-11,14,17H,4-5,12-13,15H2,1-3H3,(H2,25,26,27,29);2H,1H3. The van der Waals surface area contributed by atoms with E-state index in [4.69, 9.17) is 39.5 Å². The number of amides is 3. The van der Waals surface area contributed by atoms with Crippen LogP contribution in [0.2, 0.25) is 5.02 Å². The van der Waals surface area contributed by atoms with Gasteiger partial charge in [0.25, 0.3) is 0 Å². The number of halogens is 3. The Morgan fingerprint density at radius 3 is 2.37 bits per heavy atom. The number of benzene rings is 1. The number of aromatic nitrogens is 1. The Balaban J connectivity index is 0.00000100. The lowest BCUT2D eigenvalue weighted by molar-refractivity contribution is 0.0287. The number of nitrogens with zero attached hydrogens (tertiary/aromatic N) is 2. The molecular weight excluding hydrogens is 511 g/mol. The van der Waals surface area contributed by atoms with Crippen molar-refractivity contribution in [2.24, 2.45) is 5.92 Å². The number of anilines is 2. The van der Waals surface area contributed by atoms with E-state index in [2.05, 4.69) is 15.6 Å². The van der Waals surface area contributed by atoms with E-state index in [0.29, 0.717) is 22.4 Å². The molecule has 2 heterocycles. The molecule has 1 aliphatic rings. The Kier molecular flexibility index (Phi) is 11.4. The van der Waals surface area contributed by atoms with Crippen LogP contribution < -0.4 is 10.6 Å². The van der Waals surface area contributed by atoms with Gasteiger partial charge in [-0.3, -0.25) is 5.32 Å². The van der Waals surface area contributed by atoms with Crippen molar-refractivity contribution in [2.45, 2.75) is 57.4 Å². The van der Waals surface area contributed by atoms with Crippen molar-refractivity contribution in [3.8, 4) is 0 Å². The maximum Gasteiger partial charge on any atom is 0.410 e. The number of nitrogens with one attached hydrogen (secondary N) is 2. The maximum absolute atomic E-state index is 12.2. The molecule has 2 aromatic rings. The number of hydrogen-bond donors (Lipinski definition) is 2. The van der Waals surface area contributed by atoms with Gasteiger partial charge in [-0.1, -0.05) is 23.7 Å². The lowest BCUT2D eigenvalue weighted by atomic mass is 9.99. The third-order valence-corrected chi connectivity index (χ3v) is 5.18. The number of aryl methyl sites for hydroxylation is 1. The molecule has 1 fully saturated rings. The molecule has 3 amide bonds. The minimum Gasteiger partial charge on any atom is -0.444 e. The monoisotopic (exact) mass is 542 g/mol. The van der Waals surface area contributed by atoms with Crippen molar-refractivity contribution >= 4 is 58.4 Å². The summed E-state index contributed by atoms with van der Waals surface area (Å²) in [5.74, 6) is 0.901. The largest absolute Gasteiger partial charge is 0.444 e. The fraction of sp³-hybridized carbons (Fsp3) is 0.480. The summed E-state index contributed by atoms with van der Waals surface area (Å²) >= 11 is 15.9. The summed E-state index contributed by atoms with van der Waals surface area (Å²) in [6, 6.07) is 10.7. The van der Waals surface area contributed by atoms with E-state index >= 15 is 0 Å². The van der Waals surface area contributed by atoms with Crippen molar-refractivity contribution in [3.05, 3.63) is 53.2 Å². The summed E-state index contributed by atoms with van der Waals surface area (Å²) in [5, 5.41) is 5.96. The molecule has 0 saturated carbocycles. The summed E-state index contributed by atoms with van der Waals surface area (Å²) in [6.07, 6.45) is 4.18. The molecule has 3 rings (SSSR count). The third kappa shape index (κ3) is 11.8. The zero-order valence-electron chi connectivity index (χ0n) is 20.5. The number of carbonyl (C=O) groups excluding carboxylic acids is 2. The van der Waals surface area contributed by atoms with E-state index in [1.54, 1.807) is 24.0 Å². The van der Waals surface area contributed by atoms with Gasteiger partial charge < -0.3 is 15.0 Å². The molecule has 2 N–H and O–H groups in total. The maximum atomic E-state index is 12.2. The minimum atomic E-state index is -0.465. The summed E-state index contributed by atoms with van der Waals surface area (Å²) in [5.41, 5.74) is 1.43. The predicted octanol–water partition coefficient (Wildman–Crippen LogP) is 7.38. The number of likely N-dealkylation sites (tertiary alicyclic amines) is 1. The molecule has 1 saturated heterocycles. The van der Waals surface area contributed by atoms with E-state index in [1.807, 2.05) is 45.0 Å². The molecule has 7 nitrogen and oxygen atoms in total. The first-order chi connectivity index (χ1) is 16.4. The van der Waals surface area contributed by atoms with Crippen LogP contribution in [0.4, 0.5) is 21.1 Å². The van der Waals surface area contributed by atoms with Crippen molar-refractivity contribution in [3.63, 3.8) is 0 Å². The molecule has 1 aromatic carbocycles. The van der Waals surface area contributed by atoms with E-state index in [0.717, 1.165) is 32.4 Å². The van der Waals surface area contributed by atoms with E-state index in [1.165, 1.54) is 11.8 Å². The lowest BCUT2D eigenvalue weighted by Gasteiger charge is -2.24. The summed E-state index contributed by atoms with van der Waals surface area (Å²) in [6.45, 7) is 8.84. The number of urea groups is 1. The molecule has 0 spiro atoms. The van der Waals surface area contributed by atoms with Gasteiger partial charge in [-0.25, -0.2) is 14.6 Å². The predicted molar refractivity (Wildman–Crippen MR) is 144 cm³/mol. The van der Waals surface area contributed by atoms with Gasteiger partial charge in [0, 0.05) is 25.0 Å². The lowest BCUT2D eigenvalue weighted by Crippen LogP contribution is -2.35. The van der Waals surface area contributed by atoms with E-state index in [9.17, 15) is 9.59 Å². The highest BCUT2D eigenvalue weighted by Gasteiger charge is 2.29. The fourth-order valence-electron chi connectivity index (χ4n) is 3.41. The molecule has 1 aliphatic heterocycles. The van der Waals surface area contributed by atoms with Gasteiger partial charge >= 0.3 is 12.1 Å². The highest BCUT2D eigenvalue weighted by Crippen LogP contribution is 2.24. The van der Waals surface area contributed by atoms with Crippen molar-refractivity contribution in [2.75, 3.05) is 23.7 Å². The van der Waals surface area contributed by atoms with Crippen molar-refractivity contribution in [1.82, 2.24) is 9.88 Å². The average Bonchev–Trinajstić information content (AvgIpc) is 3.23. The Labute approximate surface area is 222 Å². The molecule has 1 atom stereocenters. The van der Waals surface area contributed by atoms with Crippen molar-refractivity contribution in [1.29, 1.82) is 0 Å². The number of alkyl halides is 2. The summed E-state index contributed by atoms with van der Waals surface area (Å²) in [7, 11) is 0. The normalized spacial score (nSPS) is 15.3. The number of ether oxygens (including phenoxy) is 1. The first-order valence-electron chi connectivity index (χ1n) is 11.5. The van der Waals surface area contributed by atoms with Crippen LogP contribution in [-0.4, -0.2) is 45.5 Å². The van der Waals surface area contributed by atoms with Crippen LogP contribution in [0.1, 0.15) is 46.1 Å². The third-order valence-electron chi connectivity index (χ3n) is 4.96. The van der Waals surface area contributed by atoms with Gasteiger partial charge in [0.2, 0.25) is 0 Å². The number of rotatable bonds is 5. The van der Waals surface area contributed by atoms with Crippen LogP contribution in [0.3, 0.4) is 0 Å². The van der Waals surface area contributed by atoms with Gasteiger partial charge in [0.05, 0.1) is 5.02 Å². The highest BCUT2D eigenvalue weighted by molar-refractivity contribution is 6.43. The minimum absolute atomic E-state index is 0.222. The van der Waals surface area contributed by atoms with Crippen LogP contribution in [0.15, 0.2) is 42.6 Å².